The lowest BCUT2D eigenvalue weighted by atomic mass is 10.1. The van der Waals surface area contributed by atoms with E-state index in [2.05, 4.69) is 18.7 Å². The van der Waals surface area contributed by atoms with E-state index in [-0.39, 0.29) is 17.6 Å². The molecule has 4 rings (SSSR count). The minimum atomic E-state index is -0.0321. The second-order valence-corrected chi connectivity index (χ2v) is 7.37. The Labute approximate surface area is 164 Å². The average molecular weight is 379 g/mol. The number of benzene rings is 2. The van der Waals surface area contributed by atoms with Crippen LogP contribution in [0.5, 0.6) is 5.75 Å². The third kappa shape index (κ3) is 4.11. The van der Waals surface area contributed by atoms with Crippen molar-refractivity contribution in [3.05, 3.63) is 65.0 Å². The van der Waals surface area contributed by atoms with Gasteiger partial charge in [0, 0.05) is 25.7 Å². The number of ether oxygens (including phenoxy) is 2. The van der Waals surface area contributed by atoms with Gasteiger partial charge in [-0.15, -0.1) is 0 Å². The van der Waals surface area contributed by atoms with Gasteiger partial charge in [-0.3, -0.25) is 9.69 Å². The summed E-state index contributed by atoms with van der Waals surface area (Å²) in [5, 5.41) is 0.560. The van der Waals surface area contributed by atoms with Crippen LogP contribution in [-0.2, 0) is 4.74 Å². The van der Waals surface area contributed by atoms with Gasteiger partial charge in [0.15, 0.2) is 5.43 Å². The first-order valence-corrected chi connectivity index (χ1v) is 9.72. The number of rotatable bonds is 5. The predicted octanol–water partition coefficient (Wildman–Crippen LogP) is 3.95. The number of hydrogen-bond acceptors (Lipinski definition) is 5. The SMILES string of the molecule is C[C@H]1CN(CCOc2ccc3c(=O)c(-c4ccccc4)coc3c2)C[C@H](C)O1. The van der Waals surface area contributed by atoms with Gasteiger partial charge in [0.2, 0.25) is 0 Å². The first kappa shape index (κ1) is 18.7. The molecule has 146 valence electrons. The Morgan fingerprint density at radius 3 is 2.57 bits per heavy atom. The van der Waals surface area contributed by atoms with E-state index in [1.54, 1.807) is 12.1 Å². The quantitative estimate of drug-likeness (QED) is 0.672. The third-order valence-corrected chi connectivity index (χ3v) is 5.00. The van der Waals surface area contributed by atoms with Crippen molar-refractivity contribution in [1.82, 2.24) is 4.90 Å². The average Bonchev–Trinajstić information content (AvgIpc) is 2.68. The van der Waals surface area contributed by atoms with Crippen LogP contribution in [0.15, 0.2) is 64.0 Å². The van der Waals surface area contributed by atoms with Gasteiger partial charge in [-0.25, -0.2) is 0 Å². The van der Waals surface area contributed by atoms with Crippen molar-refractivity contribution in [3.8, 4) is 16.9 Å². The van der Waals surface area contributed by atoms with Crippen molar-refractivity contribution in [3.63, 3.8) is 0 Å². The van der Waals surface area contributed by atoms with Crippen LogP contribution in [0.4, 0.5) is 0 Å². The van der Waals surface area contributed by atoms with E-state index >= 15 is 0 Å². The fourth-order valence-corrected chi connectivity index (χ4v) is 3.77. The highest BCUT2D eigenvalue weighted by molar-refractivity contribution is 5.82. The Balaban J connectivity index is 1.46. The zero-order valence-corrected chi connectivity index (χ0v) is 16.3. The zero-order valence-electron chi connectivity index (χ0n) is 16.3. The Morgan fingerprint density at radius 1 is 1.07 bits per heavy atom. The maximum atomic E-state index is 12.8. The molecule has 2 heterocycles. The maximum absolute atomic E-state index is 12.8. The number of nitrogens with zero attached hydrogens (tertiary/aromatic N) is 1. The zero-order chi connectivity index (χ0) is 19.5. The van der Waals surface area contributed by atoms with E-state index < -0.39 is 0 Å². The summed E-state index contributed by atoms with van der Waals surface area (Å²) in [6.45, 7) is 7.45. The Hall–Kier alpha value is -2.63. The minimum absolute atomic E-state index is 0.0321. The van der Waals surface area contributed by atoms with Crippen LogP contribution < -0.4 is 10.2 Å². The third-order valence-electron chi connectivity index (χ3n) is 5.00. The monoisotopic (exact) mass is 379 g/mol. The van der Waals surface area contributed by atoms with Crippen LogP contribution in [-0.4, -0.2) is 43.3 Å². The Kier molecular flexibility index (Phi) is 5.46. The molecule has 3 aromatic rings. The highest BCUT2D eigenvalue weighted by atomic mass is 16.5. The van der Waals surface area contributed by atoms with E-state index in [0.29, 0.717) is 28.9 Å². The Bertz CT molecular complexity index is 988. The number of hydrogen-bond donors (Lipinski definition) is 0. The first-order valence-electron chi connectivity index (χ1n) is 9.72. The van der Waals surface area contributed by atoms with Crippen LogP contribution in [0.1, 0.15) is 13.8 Å². The summed E-state index contributed by atoms with van der Waals surface area (Å²) in [6, 6.07) is 15.0. The summed E-state index contributed by atoms with van der Waals surface area (Å²) in [6.07, 6.45) is 2.02. The molecule has 0 aliphatic carbocycles. The fraction of sp³-hybridized carbons (Fsp3) is 0.348. The molecule has 5 heteroatoms. The molecule has 0 radical (unpaired) electrons. The summed E-state index contributed by atoms with van der Waals surface area (Å²) in [7, 11) is 0. The molecule has 0 spiro atoms. The maximum Gasteiger partial charge on any atom is 0.200 e. The molecule has 0 amide bonds. The van der Waals surface area contributed by atoms with Gasteiger partial charge in [0.25, 0.3) is 0 Å². The molecule has 1 saturated heterocycles. The second kappa shape index (κ2) is 8.17. The van der Waals surface area contributed by atoms with Gasteiger partial charge in [0.1, 0.15) is 24.2 Å². The predicted molar refractivity (Wildman–Crippen MR) is 110 cm³/mol. The van der Waals surface area contributed by atoms with Gasteiger partial charge in [-0.2, -0.15) is 0 Å². The molecule has 1 aromatic heterocycles. The smallest absolute Gasteiger partial charge is 0.200 e. The summed E-state index contributed by atoms with van der Waals surface area (Å²) in [4.78, 5) is 15.2. The lowest BCUT2D eigenvalue weighted by Crippen LogP contribution is -2.46. The Morgan fingerprint density at radius 2 is 1.82 bits per heavy atom. The van der Waals surface area contributed by atoms with E-state index in [4.69, 9.17) is 13.9 Å². The van der Waals surface area contributed by atoms with Crippen LogP contribution >= 0.6 is 0 Å². The van der Waals surface area contributed by atoms with Gasteiger partial charge in [0.05, 0.1) is 23.2 Å². The molecule has 1 aliphatic heterocycles. The highest BCUT2D eigenvalue weighted by Crippen LogP contribution is 2.23. The van der Waals surface area contributed by atoms with E-state index in [9.17, 15) is 4.79 Å². The van der Waals surface area contributed by atoms with Crippen LogP contribution in [0.3, 0.4) is 0 Å². The van der Waals surface area contributed by atoms with Gasteiger partial charge >= 0.3 is 0 Å². The lowest BCUT2D eigenvalue weighted by Gasteiger charge is -2.35. The molecule has 2 aromatic carbocycles. The van der Waals surface area contributed by atoms with Gasteiger partial charge in [-0.1, -0.05) is 30.3 Å². The summed E-state index contributed by atoms with van der Waals surface area (Å²) < 4.78 is 17.4. The molecule has 1 fully saturated rings. The molecule has 0 unspecified atom stereocenters. The normalized spacial score (nSPS) is 20.4. The van der Waals surface area contributed by atoms with E-state index in [1.807, 2.05) is 36.4 Å². The minimum Gasteiger partial charge on any atom is -0.492 e. The lowest BCUT2D eigenvalue weighted by molar-refractivity contribution is -0.0699. The van der Waals surface area contributed by atoms with Crippen molar-refractivity contribution in [1.29, 1.82) is 0 Å². The van der Waals surface area contributed by atoms with Crippen LogP contribution in [0, 0.1) is 0 Å². The first-order chi connectivity index (χ1) is 13.6. The largest absolute Gasteiger partial charge is 0.492 e. The van der Waals surface area contributed by atoms with E-state index in [1.165, 1.54) is 6.26 Å². The van der Waals surface area contributed by atoms with E-state index in [0.717, 1.165) is 25.2 Å². The van der Waals surface area contributed by atoms with Crippen molar-refractivity contribution in [2.75, 3.05) is 26.2 Å². The molecule has 28 heavy (non-hydrogen) atoms. The molecule has 2 atom stereocenters. The van der Waals surface area contributed by atoms with Crippen molar-refractivity contribution < 1.29 is 13.9 Å². The summed E-state index contributed by atoms with van der Waals surface area (Å²) >= 11 is 0. The summed E-state index contributed by atoms with van der Waals surface area (Å²) in [5.74, 6) is 0.706. The molecule has 0 N–H and O–H groups in total. The molecular weight excluding hydrogens is 354 g/mol. The molecule has 0 bridgehead atoms. The van der Waals surface area contributed by atoms with Crippen molar-refractivity contribution >= 4 is 11.0 Å². The number of morpholine rings is 1. The molecular formula is C23H25NO4. The van der Waals surface area contributed by atoms with Crippen molar-refractivity contribution in [2.24, 2.45) is 0 Å². The fourth-order valence-electron chi connectivity index (χ4n) is 3.77. The summed E-state index contributed by atoms with van der Waals surface area (Å²) in [5.41, 5.74) is 1.93. The van der Waals surface area contributed by atoms with Gasteiger partial charge < -0.3 is 13.9 Å². The van der Waals surface area contributed by atoms with Crippen molar-refractivity contribution in [2.45, 2.75) is 26.1 Å². The van der Waals surface area contributed by atoms with Crippen LogP contribution in [0.2, 0.25) is 0 Å². The molecule has 0 saturated carbocycles. The van der Waals surface area contributed by atoms with Crippen LogP contribution in [0.25, 0.3) is 22.1 Å². The molecule has 5 nitrogen and oxygen atoms in total. The topological polar surface area (TPSA) is 51.9 Å². The highest BCUT2D eigenvalue weighted by Gasteiger charge is 2.21. The second-order valence-electron chi connectivity index (χ2n) is 7.37. The number of fused-ring (bicyclic) bond motifs is 1. The standard InChI is InChI=1S/C23H25NO4/c1-16-13-24(14-17(2)28-16)10-11-26-19-8-9-20-22(12-19)27-15-21(23(20)25)18-6-4-3-5-7-18/h3-9,12,15-17H,10-11,13-14H2,1-2H3/t16-,17-/m0/s1. The molecule has 1 aliphatic rings. The van der Waals surface area contributed by atoms with Gasteiger partial charge in [-0.05, 0) is 31.5 Å².